The van der Waals surface area contributed by atoms with Crippen LogP contribution >= 0.6 is 0 Å². The van der Waals surface area contributed by atoms with Gasteiger partial charge in [-0.1, -0.05) is 0 Å². The van der Waals surface area contributed by atoms with Crippen LogP contribution in [-0.4, -0.2) is 59.4 Å². The van der Waals surface area contributed by atoms with Crippen molar-refractivity contribution >= 4 is 16.0 Å². The topological polar surface area (TPSA) is 115 Å². The van der Waals surface area contributed by atoms with Gasteiger partial charge in [-0.2, -0.15) is 4.98 Å². The normalized spacial score (nSPS) is 32.4. The maximum atomic E-state index is 12.5. The highest BCUT2D eigenvalue weighted by Gasteiger charge is 2.63. The second kappa shape index (κ2) is 5.76. The molecule has 2 aromatic rings. The van der Waals surface area contributed by atoms with Gasteiger partial charge in [0.25, 0.3) is 16.0 Å². The van der Waals surface area contributed by atoms with Crippen LogP contribution in [0.4, 0.5) is 5.95 Å². The summed E-state index contributed by atoms with van der Waals surface area (Å²) >= 11 is 0. The first-order chi connectivity index (χ1) is 12.9. The first-order valence-electron chi connectivity index (χ1n) is 9.07. The zero-order chi connectivity index (χ0) is 18.8. The minimum atomic E-state index is -3.63. The molecular weight excluding hydrogens is 372 g/mol. The van der Waals surface area contributed by atoms with E-state index >= 15 is 0 Å². The molecule has 0 radical (unpaired) electrons. The lowest BCUT2D eigenvalue weighted by atomic mass is 9.74. The molecule has 0 aliphatic carbocycles. The lowest BCUT2D eigenvalue weighted by molar-refractivity contribution is 0.0141. The van der Waals surface area contributed by atoms with Crippen molar-refractivity contribution in [1.29, 1.82) is 0 Å². The molecule has 2 aromatic heterocycles. The van der Waals surface area contributed by atoms with Crippen molar-refractivity contribution < 1.29 is 17.7 Å². The van der Waals surface area contributed by atoms with E-state index in [0.29, 0.717) is 18.4 Å². The average Bonchev–Trinajstić information content (AvgIpc) is 3.38. The molecule has 1 spiro atoms. The predicted octanol–water partition coefficient (Wildman–Crippen LogP) is 0.0738. The Hall–Kier alpha value is -1.98. The van der Waals surface area contributed by atoms with Gasteiger partial charge < -0.3 is 18.7 Å². The molecule has 0 unspecified atom stereocenters. The molecule has 10 nitrogen and oxygen atoms in total. The van der Waals surface area contributed by atoms with Crippen molar-refractivity contribution in [3.05, 3.63) is 18.4 Å². The van der Waals surface area contributed by atoms with Gasteiger partial charge in [-0.15, -0.1) is 0 Å². The number of hydrogen-bond donors (Lipinski definition) is 1. The van der Waals surface area contributed by atoms with E-state index in [1.807, 2.05) is 0 Å². The van der Waals surface area contributed by atoms with Gasteiger partial charge in [0.15, 0.2) is 5.03 Å². The molecule has 3 saturated heterocycles. The van der Waals surface area contributed by atoms with Gasteiger partial charge in [0.1, 0.15) is 0 Å². The number of fused-ring (bicyclic) bond motifs is 1. The number of aromatic nitrogens is 4. The Morgan fingerprint density at radius 3 is 3.00 bits per heavy atom. The van der Waals surface area contributed by atoms with Crippen molar-refractivity contribution in [3.63, 3.8) is 0 Å². The Bertz CT molecular complexity index is 971. The predicted molar refractivity (Wildman–Crippen MR) is 93.5 cm³/mol. The molecule has 0 aromatic carbocycles. The summed E-state index contributed by atoms with van der Waals surface area (Å²) < 4.78 is 40.8. The van der Waals surface area contributed by atoms with Crippen LogP contribution in [0.25, 0.3) is 0 Å². The van der Waals surface area contributed by atoms with E-state index in [0.717, 1.165) is 25.9 Å². The third-order valence-electron chi connectivity index (χ3n) is 6.05. The van der Waals surface area contributed by atoms with Gasteiger partial charge in [-0.3, -0.25) is 0 Å². The van der Waals surface area contributed by atoms with E-state index in [-0.39, 0.29) is 28.6 Å². The van der Waals surface area contributed by atoms with Crippen molar-refractivity contribution in [2.24, 2.45) is 18.9 Å². The maximum absolute atomic E-state index is 12.5. The van der Waals surface area contributed by atoms with Crippen molar-refractivity contribution in [2.75, 3.05) is 24.5 Å². The van der Waals surface area contributed by atoms with Crippen LogP contribution in [0, 0.1) is 18.8 Å². The summed E-state index contributed by atoms with van der Waals surface area (Å²) in [5.74, 6) is 1.47. The lowest BCUT2D eigenvalue weighted by Gasteiger charge is -2.29. The fraction of sp³-hybridized carbons (Fsp3) is 0.688. The summed E-state index contributed by atoms with van der Waals surface area (Å²) in [6, 6.07) is 0. The maximum Gasteiger partial charge on any atom is 0.266 e. The average molecular weight is 394 g/mol. The largest absolute Gasteiger partial charge is 0.369 e. The molecule has 2 bridgehead atoms. The number of nitrogens with zero attached hydrogens (tertiary/aromatic N) is 5. The quantitative estimate of drug-likeness (QED) is 0.758. The van der Waals surface area contributed by atoms with Gasteiger partial charge in [-0.05, 0) is 18.0 Å². The Labute approximate surface area is 156 Å². The summed E-state index contributed by atoms with van der Waals surface area (Å²) in [6.07, 6.45) is 5.00. The number of ether oxygens (including phenoxy) is 1. The standard InChI is InChI=1S/C16H22N6O4S/c1-10-19-15(20-26-10)22-6-12-11(13-3-4-16(12,8-22)25-13)5-18-27(23,24)14-7-21(2)9-17-14/h7,9,11-13,18H,3-6,8H2,1-2H3/t11-,12+,13+,16+/m0/s1. The Morgan fingerprint density at radius 1 is 1.44 bits per heavy atom. The SMILES string of the molecule is Cc1nc(N2C[C@@H]3[C@H](CNS(=O)(=O)c4cn(C)cn4)[C@H]4CC[C@]3(C2)O4)no1. The zero-order valence-electron chi connectivity index (χ0n) is 15.2. The first-order valence-corrected chi connectivity index (χ1v) is 10.6. The molecule has 0 amide bonds. The van der Waals surface area contributed by atoms with Gasteiger partial charge in [0, 0.05) is 45.1 Å². The lowest BCUT2D eigenvalue weighted by Crippen LogP contribution is -2.41. The number of sulfonamides is 1. The molecule has 0 saturated carbocycles. The smallest absolute Gasteiger partial charge is 0.266 e. The van der Waals surface area contributed by atoms with Gasteiger partial charge in [-0.25, -0.2) is 18.1 Å². The Balaban J connectivity index is 1.32. The summed E-state index contributed by atoms with van der Waals surface area (Å²) in [4.78, 5) is 10.4. The highest BCUT2D eigenvalue weighted by molar-refractivity contribution is 7.89. The highest BCUT2D eigenvalue weighted by Crippen LogP contribution is 2.55. The van der Waals surface area contributed by atoms with E-state index in [4.69, 9.17) is 9.26 Å². The van der Waals surface area contributed by atoms with Gasteiger partial charge in [0.05, 0.1) is 24.6 Å². The van der Waals surface area contributed by atoms with Crippen LogP contribution in [-0.2, 0) is 21.8 Å². The second-order valence-corrected chi connectivity index (χ2v) is 9.47. The van der Waals surface area contributed by atoms with Crippen LogP contribution in [0.3, 0.4) is 0 Å². The Kier molecular flexibility index (Phi) is 3.66. The van der Waals surface area contributed by atoms with Crippen molar-refractivity contribution in [2.45, 2.75) is 36.5 Å². The van der Waals surface area contributed by atoms with E-state index < -0.39 is 10.0 Å². The molecule has 146 valence electrons. The van der Waals surface area contributed by atoms with Crippen molar-refractivity contribution in [1.82, 2.24) is 24.4 Å². The van der Waals surface area contributed by atoms with Crippen LogP contribution in [0.2, 0.25) is 0 Å². The highest BCUT2D eigenvalue weighted by atomic mass is 32.2. The minimum Gasteiger partial charge on any atom is -0.369 e. The number of anilines is 1. The third kappa shape index (κ3) is 2.67. The van der Waals surface area contributed by atoms with E-state index in [1.165, 1.54) is 12.5 Å². The summed E-state index contributed by atoms with van der Waals surface area (Å²) in [5.41, 5.74) is -0.236. The van der Waals surface area contributed by atoms with Crippen molar-refractivity contribution in [3.8, 4) is 0 Å². The molecule has 3 fully saturated rings. The molecule has 3 aliphatic rings. The summed E-state index contributed by atoms with van der Waals surface area (Å²) in [5, 5.41) is 4.06. The minimum absolute atomic E-state index is 0.0408. The number of imidazole rings is 1. The Morgan fingerprint density at radius 2 is 2.30 bits per heavy atom. The fourth-order valence-electron chi connectivity index (χ4n) is 4.84. The van der Waals surface area contributed by atoms with E-state index in [1.54, 1.807) is 18.5 Å². The monoisotopic (exact) mass is 394 g/mol. The fourth-order valence-corrected chi connectivity index (χ4v) is 5.89. The van der Waals surface area contributed by atoms with Gasteiger partial charge in [0.2, 0.25) is 5.89 Å². The number of rotatable bonds is 5. The third-order valence-corrected chi connectivity index (χ3v) is 7.36. The van der Waals surface area contributed by atoms with Crippen LogP contribution < -0.4 is 9.62 Å². The van der Waals surface area contributed by atoms with Crippen LogP contribution in [0.1, 0.15) is 18.7 Å². The molecule has 3 aliphatic heterocycles. The molecule has 1 N–H and O–H groups in total. The van der Waals surface area contributed by atoms with E-state index in [2.05, 4.69) is 24.7 Å². The molecule has 5 rings (SSSR count). The number of hydrogen-bond acceptors (Lipinski definition) is 8. The first kappa shape index (κ1) is 17.1. The summed E-state index contributed by atoms with van der Waals surface area (Å²) in [7, 11) is -1.89. The van der Waals surface area contributed by atoms with Gasteiger partial charge >= 0.3 is 0 Å². The molecule has 11 heteroatoms. The van der Waals surface area contributed by atoms with E-state index in [9.17, 15) is 8.42 Å². The molecule has 5 heterocycles. The number of nitrogens with one attached hydrogen (secondary N) is 1. The summed E-state index contributed by atoms with van der Waals surface area (Å²) in [6.45, 7) is 3.57. The number of aryl methyl sites for hydroxylation is 2. The zero-order valence-corrected chi connectivity index (χ0v) is 16.0. The van der Waals surface area contributed by atoms with Crippen LogP contribution in [0.5, 0.6) is 0 Å². The molecular formula is C16H22N6O4S. The van der Waals surface area contributed by atoms with Crippen LogP contribution in [0.15, 0.2) is 22.1 Å². The molecule has 27 heavy (non-hydrogen) atoms. The molecule has 4 atom stereocenters. The second-order valence-electron chi connectivity index (χ2n) is 7.75.